The Hall–Kier alpha value is -2.99. The fraction of sp³-hybridized carbons (Fsp3) is 0.318. The normalized spacial score (nSPS) is 22.1. The second kappa shape index (κ2) is 6.87. The number of carboxylic acid groups (broad SMARTS) is 1. The number of pyridine rings is 1. The minimum Gasteiger partial charge on any atom is -0.477 e. The maximum Gasteiger partial charge on any atom is 0.352 e. The topological polar surface area (TPSA) is 81.7 Å². The van der Waals surface area contributed by atoms with Crippen LogP contribution < -0.4 is 4.57 Å². The van der Waals surface area contributed by atoms with Crippen LogP contribution in [0.4, 0.5) is 0 Å². The predicted octanol–water partition coefficient (Wildman–Crippen LogP) is 1.74. The van der Waals surface area contributed by atoms with Gasteiger partial charge in [-0.3, -0.25) is 4.79 Å². The molecule has 0 saturated carbocycles. The molecular weight excluding hydrogens is 356 g/mol. The first-order valence-electron chi connectivity index (χ1n) is 9.39. The average molecular weight is 379 g/mol. The van der Waals surface area contributed by atoms with Crippen LogP contribution in [0.25, 0.3) is 5.57 Å². The molecule has 1 aromatic heterocycles. The fourth-order valence-corrected chi connectivity index (χ4v) is 4.19. The Kier molecular flexibility index (Phi) is 4.51. The monoisotopic (exact) mass is 379 g/mol. The Morgan fingerprint density at radius 1 is 1.21 bits per heavy atom. The third-order valence-electron chi connectivity index (χ3n) is 5.66. The van der Waals surface area contributed by atoms with Gasteiger partial charge in [-0.2, -0.15) is 0 Å². The van der Waals surface area contributed by atoms with Crippen molar-refractivity contribution < 1.29 is 24.4 Å². The summed E-state index contributed by atoms with van der Waals surface area (Å²) in [5.74, 6) is -1.93. The van der Waals surface area contributed by atoms with Crippen LogP contribution in [0.3, 0.4) is 0 Å². The number of nitrogens with zero attached hydrogens (tertiary/aromatic N) is 2. The summed E-state index contributed by atoms with van der Waals surface area (Å²) >= 11 is 0. The van der Waals surface area contributed by atoms with Crippen molar-refractivity contribution in [2.45, 2.75) is 39.0 Å². The molecule has 2 N–H and O–H groups in total. The van der Waals surface area contributed by atoms with Crippen molar-refractivity contribution >= 4 is 17.4 Å². The van der Waals surface area contributed by atoms with Gasteiger partial charge in [0.2, 0.25) is 5.91 Å². The third kappa shape index (κ3) is 2.99. The van der Waals surface area contributed by atoms with E-state index in [4.69, 9.17) is 0 Å². The van der Waals surface area contributed by atoms with E-state index in [0.29, 0.717) is 12.0 Å². The molecule has 1 amide bonds. The number of carbonyl (C=O) groups is 2. The largest absolute Gasteiger partial charge is 0.477 e. The quantitative estimate of drug-likeness (QED) is 0.612. The van der Waals surface area contributed by atoms with Crippen molar-refractivity contribution in [3.8, 4) is 0 Å². The molecule has 144 valence electrons. The van der Waals surface area contributed by atoms with Gasteiger partial charge < -0.3 is 15.1 Å². The van der Waals surface area contributed by atoms with Crippen LogP contribution in [0, 0.1) is 12.8 Å². The lowest BCUT2D eigenvalue weighted by Crippen LogP contribution is -2.61. The second-order valence-electron chi connectivity index (χ2n) is 7.62. The number of hydrogen-bond acceptors (Lipinski definition) is 3. The number of carbonyl (C=O) groups excluding carboxylic acids is 1. The maximum atomic E-state index is 12.3. The van der Waals surface area contributed by atoms with Gasteiger partial charge in [0.25, 0.3) is 0 Å². The summed E-state index contributed by atoms with van der Waals surface area (Å²) < 4.78 is 2.08. The summed E-state index contributed by atoms with van der Waals surface area (Å²) in [7, 11) is 0. The molecule has 0 aliphatic carbocycles. The number of aryl methyl sites for hydroxylation is 1. The van der Waals surface area contributed by atoms with E-state index in [9.17, 15) is 19.8 Å². The molecule has 3 atom stereocenters. The first kappa shape index (κ1) is 18.4. The fourth-order valence-electron chi connectivity index (χ4n) is 4.19. The average Bonchev–Trinajstić information content (AvgIpc) is 2.99. The van der Waals surface area contributed by atoms with Crippen molar-refractivity contribution in [1.29, 1.82) is 0 Å². The van der Waals surface area contributed by atoms with Crippen LogP contribution in [-0.4, -0.2) is 39.1 Å². The van der Waals surface area contributed by atoms with Crippen LogP contribution in [0.2, 0.25) is 0 Å². The predicted molar refractivity (Wildman–Crippen MR) is 102 cm³/mol. The summed E-state index contributed by atoms with van der Waals surface area (Å²) in [6.45, 7) is 4.35. The highest BCUT2D eigenvalue weighted by molar-refractivity contribution is 6.06. The number of benzene rings is 1. The van der Waals surface area contributed by atoms with E-state index >= 15 is 0 Å². The molecule has 1 saturated heterocycles. The van der Waals surface area contributed by atoms with E-state index in [2.05, 4.69) is 16.7 Å². The second-order valence-corrected chi connectivity index (χ2v) is 7.62. The summed E-state index contributed by atoms with van der Waals surface area (Å²) in [4.78, 5) is 25.5. The van der Waals surface area contributed by atoms with Crippen molar-refractivity contribution in [1.82, 2.24) is 4.90 Å². The number of aromatic nitrogens is 1. The summed E-state index contributed by atoms with van der Waals surface area (Å²) in [5, 5.41) is 19.5. The molecule has 1 fully saturated rings. The lowest BCUT2D eigenvalue weighted by atomic mass is 9.82. The number of aliphatic hydroxyl groups excluding tert-OH is 1. The third-order valence-corrected chi connectivity index (χ3v) is 5.66. The highest BCUT2D eigenvalue weighted by Gasteiger charge is 2.56. The molecule has 0 bridgehead atoms. The summed E-state index contributed by atoms with van der Waals surface area (Å²) in [6.07, 6.45) is 3.72. The van der Waals surface area contributed by atoms with Gasteiger partial charge in [-0.25, -0.2) is 9.36 Å². The minimum atomic E-state index is -1.10. The highest BCUT2D eigenvalue weighted by Crippen LogP contribution is 2.46. The Balaban J connectivity index is 1.59. The number of carboxylic acids is 1. The van der Waals surface area contributed by atoms with Crippen molar-refractivity contribution in [3.63, 3.8) is 0 Å². The molecule has 0 unspecified atom stereocenters. The Labute approximate surface area is 163 Å². The van der Waals surface area contributed by atoms with Gasteiger partial charge >= 0.3 is 5.97 Å². The van der Waals surface area contributed by atoms with E-state index in [-0.39, 0.29) is 17.6 Å². The molecule has 28 heavy (non-hydrogen) atoms. The number of fused-ring (bicyclic) bond motifs is 1. The highest BCUT2D eigenvalue weighted by atomic mass is 16.4. The van der Waals surface area contributed by atoms with Gasteiger partial charge in [0.05, 0.1) is 18.1 Å². The molecule has 1 aromatic carbocycles. The summed E-state index contributed by atoms with van der Waals surface area (Å²) in [5.41, 5.74) is 3.82. The first-order chi connectivity index (χ1) is 13.4. The van der Waals surface area contributed by atoms with E-state index in [1.54, 1.807) is 6.92 Å². The Morgan fingerprint density at radius 3 is 2.43 bits per heavy atom. The van der Waals surface area contributed by atoms with Gasteiger partial charge in [-0.05, 0) is 37.0 Å². The number of hydrogen-bond donors (Lipinski definition) is 2. The molecule has 2 aliphatic rings. The van der Waals surface area contributed by atoms with Crippen LogP contribution in [0.15, 0.2) is 54.5 Å². The number of aliphatic carboxylic acids is 1. The van der Waals surface area contributed by atoms with E-state index in [0.717, 1.165) is 17.7 Å². The van der Waals surface area contributed by atoms with Crippen LogP contribution in [0.1, 0.15) is 30.0 Å². The number of aliphatic hydroxyl groups is 1. The molecule has 2 aliphatic heterocycles. The molecule has 6 nitrogen and oxygen atoms in total. The van der Waals surface area contributed by atoms with Crippen molar-refractivity contribution in [3.05, 3.63) is 71.2 Å². The number of rotatable bonds is 5. The molecule has 3 heterocycles. The smallest absolute Gasteiger partial charge is 0.352 e. The first-order valence-corrected chi connectivity index (χ1v) is 9.39. The van der Waals surface area contributed by atoms with Gasteiger partial charge in [0.1, 0.15) is 5.70 Å². The maximum absolute atomic E-state index is 12.3. The lowest BCUT2D eigenvalue weighted by molar-refractivity contribution is -0.688. The number of β-lactam (4-membered cyclic amide) rings is 1. The zero-order valence-corrected chi connectivity index (χ0v) is 15.9. The molecule has 6 heteroatoms. The van der Waals surface area contributed by atoms with Gasteiger partial charge in [-0.1, -0.05) is 24.3 Å². The molecule has 0 radical (unpaired) electrons. The zero-order valence-electron chi connectivity index (χ0n) is 15.9. The zero-order chi connectivity index (χ0) is 20.0. The lowest BCUT2D eigenvalue weighted by Gasteiger charge is -2.44. The van der Waals surface area contributed by atoms with Crippen LogP contribution >= 0.6 is 0 Å². The minimum absolute atomic E-state index is 0.0487. The molecular formula is C22H23N2O4+. The van der Waals surface area contributed by atoms with Crippen molar-refractivity contribution in [2.75, 3.05) is 0 Å². The Morgan fingerprint density at radius 2 is 1.86 bits per heavy atom. The molecule has 2 aromatic rings. The number of amides is 1. The van der Waals surface area contributed by atoms with Crippen LogP contribution in [0.5, 0.6) is 0 Å². The molecule has 0 spiro atoms. The van der Waals surface area contributed by atoms with E-state index in [1.165, 1.54) is 10.5 Å². The molecule has 4 rings (SSSR count). The Bertz CT molecular complexity index is 961. The summed E-state index contributed by atoms with van der Waals surface area (Å²) in [6, 6.07) is 11.6. The van der Waals surface area contributed by atoms with Gasteiger partial charge in [-0.15, -0.1) is 0 Å². The standard InChI is InChI=1S/C22H22N2O4/c1-13-7-9-23(10-8-13)12-15-3-5-16(6-4-15)17-11-18-19(14(2)25)21(26)24(18)20(17)22(27)28/h3-10,14,18-19,25H,11-12H2,1-2H3/p+1/t14-,18-,19-/m1/s1. The SMILES string of the molecule is Cc1cc[n+](Cc2ccc(C3=C(C(=O)O)N4C(=O)[C@H]([C@@H](C)O)[C@H]4C3)cc2)cc1. The van der Waals surface area contributed by atoms with Gasteiger partial charge in [0, 0.05) is 17.7 Å². The van der Waals surface area contributed by atoms with Gasteiger partial charge in [0.15, 0.2) is 18.9 Å². The van der Waals surface area contributed by atoms with Crippen LogP contribution in [-0.2, 0) is 16.1 Å². The van der Waals surface area contributed by atoms with E-state index < -0.39 is 18.0 Å². The van der Waals surface area contributed by atoms with E-state index in [1.807, 2.05) is 43.6 Å². The van der Waals surface area contributed by atoms with Crippen molar-refractivity contribution in [2.24, 2.45) is 5.92 Å².